The van der Waals surface area contributed by atoms with Crippen LogP contribution >= 0.6 is 45.3 Å². The Bertz CT molecular complexity index is 4910. The Morgan fingerprint density at radius 2 is 0.750 bits per heavy atom. The first-order valence-corrected chi connectivity index (χ1v) is 32.7. The standard InChI is InChI=1S/C78H48N6O4S4/c1-41-7-15-47(16-8-41)77(48-17-9-42(2)10-18-48)61-31-56-62(32-55(61)73-63(77)33-67(91-73)75-65(87-5)29-51(89-75)27-57-69(45(35-79)36-80)53-23-25-83-39-59(53)71(57)85)78(49-19-11-43(3)12-20-49,50-21-13-44(4)14-22-50)64-34-68(92-74(56)64)76-66(88-6)30-52(90-76)28-58-70(46(37-81)38-82)54-24-26-84-40-60(54)72(58)86/h7-34,39-40H,1-6H3/b57-27-,58-28-. The van der Waals surface area contributed by atoms with Gasteiger partial charge in [0.1, 0.15) is 46.9 Å². The number of allylic oxidation sites excluding steroid dienone is 6. The maximum atomic E-state index is 14.2. The smallest absolute Gasteiger partial charge is 0.195 e. The molecule has 6 heterocycles. The second kappa shape index (κ2) is 21.9. The molecular formula is C78H48N6O4S4. The zero-order valence-electron chi connectivity index (χ0n) is 50.3. The Labute approximate surface area is 546 Å². The minimum atomic E-state index is -0.845. The van der Waals surface area contributed by atoms with Crippen LogP contribution in [-0.2, 0) is 10.8 Å². The molecule has 0 aliphatic heterocycles. The van der Waals surface area contributed by atoms with E-state index in [0.29, 0.717) is 54.7 Å². The molecular weight excluding hydrogens is 1210 g/mol. The fraction of sp³-hybridized carbons (Fsp3) is 0.103. The monoisotopic (exact) mass is 1260 g/mol. The number of carbonyl (C=O) groups excluding carboxylic acids is 2. The van der Waals surface area contributed by atoms with Gasteiger partial charge >= 0.3 is 0 Å². The molecule has 0 spiro atoms. The van der Waals surface area contributed by atoms with Crippen LogP contribution in [0.1, 0.15) is 108 Å². The third-order valence-electron chi connectivity index (χ3n) is 18.2. The number of ether oxygens (including phenoxy) is 2. The highest BCUT2D eigenvalue weighted by Crippen LogP contribution is 2.67. The fourth-order valence-corrected chi connectivity index (χ4v) is 18.8. The van der Waals surface area contributed by atoms with Crippen molar-refractivity contribution in [3.05, 3.63) is 291 Å². The molecule has 6 aromatic heterocycles. The number of hydrogen-bond donors (Lipinski definition) is 0. The molecule has 92 heavy (non-hydrogen) atoms. The fourth-order valence-electron chi connectivity index (χ4n) is 14.0. The van der Waals surface area contributed by atoms with Crippen LogP contribution in [0.3, 0.4) is 0 Å². The summed E-state index contributed by atoms with van der Waals surface area (Å²) < 4.78 is 12.5. The Morgan fingerprint density at radius 3 is 1.07 bits per heavy atom. The van der Waals surface area contributed by atoms with Crippen molar-refractivity contribution in [2.24, 2.45) is 0 Å². The molecule has 0 amide bonds. The molecule has 0 bridgehead atoms. The quantitative estimate of drug-likeness (QED) is 0.0947. The van der Waals surface area contributed by atoms with Crippen LogP contribution in [0.5, 0.6) is 11.5 Å². The highest BCUT2D eigenvalue weighted by atomic mass is 32.1. The molecule has 0 saturated carbocycles. The van der Waals surface area contributed by atoms with Crippen molar-refractivity contribution in [3.63, 3.8) is 0 Å². The van der Waals surface area contributed by atoms with Crippen LogP contribution in [0.15, 0.2) is 193 Å². The summed E-state index contributed by atoms with van der Waals surface area (Å²) in [4.78, 5) is 44.1. The molecule has 5 aromatic carbocycles. The zero-order chi connectivity index (χ0) is 63.5. The maximum Gasteiger partial charge on any atom is 0.195 e. The van der Waals surface area contributed by atoms with Crippen molar-refractivity contribution in [3.8, 4) is 76.2 Å². The molecule has 15 rings (SSSR count). The van der Waals surface area contributed by atoms with E-state index in [-0.39, 0.29) is 33.9 Å². The summed E-state index contributed by atoms with van der Waals surface area (Å²) >= 11 is 6.41. The lowest BCUT2D eigenvalue weighted by Crippen LogP contribution is -2.30. The van der Waals surface area contributed by atoms with Crippen LogP contribution in [0.4, 0.5) is 0 Å². The topological polar surface area (TPSA) is 174 Å². The highest BCUT2D eigenvalue weighted by molar-refractivity contribution is 7.25. The molecule has 4 aliphatic rings. The van der Waals surface area contributed by atoms with Gasteiger partial charge in [-0.25, -0.2) is 0 Å². The zero-order valence-corrected chi connectivity index (χ0v) is 53.5. The van der Waals surface area contributed by atoms with Gasteiger partial charge in [0.2, 0.25) is 0 Å². The van der Waals surface area contributed by atoms with E-state index in [0.717, 1.165) is 107 Å². The number of pyridine rings is 2. The van der Waals surface area contributed by atoms with Crippen LogP contribution in [0.2, 0.25) is 0 Å². The van der Waals surface area contributed by atoms with Crippen molar-refractivity contribution in [2.75, 3.05) is 14.2 Å². The van der Waals surface area contributed by atoms with Gasteiger partial charge in [-0.15, -0.1) is 45.3 Å². The summed E-state index contributed by atoms with van der Waals surface area (Å²) in [5.74, 6) is 0.625. The van der Waals surface area contributed by atoms with E-state index in [9.17, 15) is 30.6 Å². The number of hydrogen-bond acceptors (Lipinski definition) is 14. The number of nitriles is 4. The van der Waals surface area contributed by atoms with Gasteiger partial charge in [-0.1, -0.05) is 119 Å². The van der Waals surface area contributed by atoms with Gasteiger partial charge in [-0.2, -0.15) is 21.0 Å². The minimum Gasteiger partial charge on any atom is -0.495 e. The number of fused-ring (bicyclic) bond motifs is 8. The first-order valence-electron chi connectivity index (χ1n) is 29.4. The summed E-state index contributed by atoms with van der Waals surface area (Å²) in [5, 5.41) is 40.7. The Morgan fingerprint density at radius 1 is 0.413 bits per heavy atom. The number of thiophene rings is 4. The molecule has 0 radical (unpaired) electrons. The lowest BCUT2D eigenvalue weighted by Gasteiger charge is -2.35. The first-order chi connectivity index (χ1) is 44.8. The van der Waals surface area contributed by atoms with Gasteiger partial charge in [0, 0.05) is 87.5 Å². The molecule has 14 heteroatoms. The van der Waals surface area contributed by atoms with Crippen molar-refractivity contribution in [2.45, 2.75) is 38.5 Å². The van der Waals surface area contributed by atoms with Gasteiger partial charge in [-0.05, 0) is 155 Å². The van der Waals surface area contributed by atoms with E-state index in [4.69, 9.17) is 9.47 Å². The number of Topliss-reactive ketones (excluding diaryl/α,β-unsaturated/α-hetero) is 2. The molecule has 0 saturated heterocycles. The third kappa shape index (κ3) is 8.43. The van der Waals surface area contributed by atoms with Crippen LogP contribution < -0.4 is 9.47 Å². The van der Waals surface area contributed by atoms with E-state index in [1.165, 1.54) is 35.1 Å². The van der Waals surface area contributed by atoms with E-state index < -0.39 is 10.8 Å². The number of aromatic nitrogens is 2. The van der Waals surface area contributed by atoms with E-state index in [1.807, 2.05) is 36.4 Å². The van der Waals surface area contributed by atoms with Gasteiger partial charge in [0.05, 0.1) is 34.8 Å². The van der Waals surface area contributed by atoms with Gasteiger partial charge in [0.15, 0.2) is 11.6 Å². The van der Waals surface area contributed by atoms with Crippen molar-refractivity contribution in [1.29, 1.82) is 21.0 Å². The SMILES string of the molecule is COc1cc(/C=C2\C(=O)c3cnccc3C2=C(C#N)C#N)sc1-c1cc2c(s1)-c1cc3c(cc1C2(c1ccc(C)cc1)c1ccc(C)cc1)-c1sc(-c2sc(/C=C4\C(=O)c5cnccc5C4=C(C#N)C#N)cc2OC)cc1C3(c1ccc(C)cc1)c1ccc(C)cc1. The normalized spacial score (nSPS) is 15.0. The number of carbonyl (C=O) groups is 2. The minimum absolute atomic E-state index is 0.150. The maximum absolute atomic E-state index is 14.2. The van der Waals surface area contributed by atoms with Crippen LogP contribution in [0, 0.1) is 73.0 Å². The summed E-state index contributed by atoms with van der Waals surface area (Å²) in [6.45, 7) is 8.46. The Balaban J connectivity index is 0.980. The summed E-state index contributed by atoms with van der Waals surface area (Å²) in [6.07, 6.45) is 9.63. The number of benzene rings is 5. The molecule has 11 aromatic rings. The Hall–Kier alpha value is -10.9. The van der Waals surface area contributed by atoms with Crippen molar-refractivity contribution >= 4 is 80.2 Å². The molecule has 4 aliphatic carbocycles. The molecule has 10 nitrogen and oxygen atoms in total. The van der Waals surface area contributed by atoms with E-state index >= 15 is 0 Å². The summed E-state index contributed by atoms with van der Waals surface area (Å²) in [5.41, 5.74) is 16.5. The number of ketones is 2. The highest BCUT2D eigenvalue weighted by Gasteiger charge is 2.53. The number of nitrogens with zero attached hydrogens (tertiary/aromatic N) is 6. The van der Waals surface area contributed by atoms with Gasteiger partial charge in [0.25, 0.3) is 0 Å². The molecule has 0 unspecified atom stereocenters. The number of aryl methyl sites for hydroxylation is 4. The average molecular weight is 1260 g/mol. The second-order valence-electron chi connectivity index (χ2n) is 23.3. The molecule has 438 valence electrons. The largest absolute Gasteiger partial charge is 0.495 e. The summed E-state index contributed by atoms with van der Waals surface area (Å²) in [7, 11) is 3.31. The lowest BCUT2D eigenvalue weighted by atomic mass is 9.65. The average Bonchev–Trinajstić information content (AvgIpc) is 1.49. The second-order valence-corrected chi connectivity index (χ2v) is 27.5. The van der Waals surface area contributed by atoms with Crippen molar-refractivity contribution < 1.29 is 19.1 Å². The predicted octanol–water partition coefficient (Wildman–Crippen LogP) is 18.2. The summed E-state index contributed by atoms with van der Waals surface area (Å²) in [6, 6.07) is 60.6. The molecule has 0 N–H and O–H groups in total. The first kappa shape index (κ1) is 57.5. The van der Waals surface area contributed by atoms with Gasteiger partial charge < -0.3 is 9.47 Å². The van der Waals surface area contributed by atoms with Crippen LogP contribution in [-0.4, -0.2) is 35.8 Å². The predicted molar refractivity (Wildman–Crippen MR) is 365 cm³/mol. The van der Waals surface area contributed by atoms with E-state index in [1.54, 1.807) is 73.6 Å². The Kier molecular flexibility index (Phi) is 13.7. The number of methoxy groups -OCH3 is 2. The van der Waals surface area contributed by atoms with Gasteiger partial charge in [-0.3, -0.25) is 19.6 Å². The third-order valence-corrected chi connectivity index (χ3v) is 23.0. The van der Waals surface area contributed by atoms with Crippen LogP contribution in [0.25, 0.3) is 63.7 Å². The molecule has 0 atom stereocenters. The van der Waals surface area contributed by atoms with E-state index in [2.05, 4.69) is 159 Å². The number of rotatable bonds is 10. The van der Waals surface area contributed by atoms with Crippen molar-refractivity contribution in [1.82, 2.24) is 9.97 Å². The molecule has 0 fully saturated rings. The lowest BCUT2D eigenvalue weighted by molar-refractivity contribution is 0.103.